The molecule has 6 rings (SSSR count). The number of halogens is 1. The zero-order chi connectivity index (χ0) is 33.1. The molecule has 1 saturated heterocycles. The second-order valence-corrected chi connectivity index (χ2v) is 13.3. The van der Waals surface area contributed by atoms with Gasteiger partial charge in [-0.2, -0.15) is 0 Å². The van der Waals surface area contributed by atoms with Crippen LogP contribution in [0.5, 0.6) is 5.75 Å². The number of hydrogen-bond donors (Lipinski definition) is 1. The fourth-order valence-corrected chi connectivity index (χ4v) is 7.06. The van der Waals surface area contributed by atoms with Gasteiger partial charge in [-0.1, -0.05) is 77.7 Å². The molecule has 0 spiro atoms. The Hall–Kier alpha value is -5.00. The van der Waals surface area contributed by atoms with E-state index in [1.165, 1.54) is 22.7 Å². The van der Waals surface area contributed by atoms with E-state index in [4.69, 9.17) is 4.74 Å². The highest BCUT2D eigenvalue weighted by molar-refractivity contribution is 8.00. The van der Waals surface area contributed by atoms with Gasteiger partial charge in [0.25, 0.3) is 5.78 Å². The molecule has 4 aromatic carbocycles. The molecule has 8 nitrogen and oxygen atoms in total. The number of amides is 1. The summed E-state index contributed by atoms with van der Waals surface area (Å²) in [5.41, 5.74) is 4.54. The number of anilines is 2. The minimum Gasteiger partial charge on any atom is -0.507 e. The first-order valence-corrected chi connectivity index (χ1v) is 16.6. The third kappa shape index (κ3) is 6.77. The van der Waals surface area contributed by atoms with Crippen molar-refractivity contribution in [1.29, 1.82) is 0 Å². The van der Waals surface area contributed by atoms with Crippen molar-refractivity contribution in [2.24, 2.45) is 0 Å². The Morgan fingerprint density at radius 2 is 1.62 bits per heavy atom. The number of aromatic nitrogens is 2. The smallest absolute Gasteiger partial charge is 0.301 e. The van der Waals surface area contributed by atoms with E-state index in [0.717, 1.165) is 28.2 Å². The van der Waals surface area contributed by atoms with E-state index in [2.05, 4.69) is 10.2 Å². The standard InChI is InChI=1S/C36H31FN4O4S2/c1-22-8-4-5-9-25(22)20-45-28-18-14-24(15-19-28)32(42)30-31(23-12-16-27(17-13-23)40(2)3)41(34(44)33(30)43)35-38-39-36(47-35)46-21-26-10-6-7-11-29(26)37/h4-19,31,42H,20-21H2,1-3H3/b32-30+. The van der Waals surface area contributed by atoms with Crippen molar-refractivity contribution in [3.63, 3.8) is 0 Å². The van der Waals surface area contributed by atoms with E-state index in [9.17, 15) is 19.1 Å². The first kappa shape index (κ1) is 32.0. The Labute approximate surface area is 280 Å². The molecule has 1 aliphatic rings. The minimum atomic E-state index is -0.958. The number of ether oxygens (including phenoxy) is 1. The third-order valence-electron chi connectivity index (χ3n) is 7.86. The molecule has 0 aliphatic carbocycles. The van der Waals surface area contributed by atoms with Crippen molar-refractivity contribution in [3.05, 3.63) is 136 Å². The van der Waals surface area contributed by atoms with Crippen LogP contribution in [0.25, 0.3) is 5.76 Å². The maximum absolute atomic E-state index is 14.2. The maximum atomic E-state index is 14.2. The van der Waals surface area contributed by atoms with Crippen molar-refractivity contribution >= 4 is 51.4 Å². The summed E-state index contributed by atoms with van der Waals surface area (Å²) in [6.07, 6.45) is 0. The van der Waals surface area contributed by atoms with Gasteiger partial charge in [0.2, 0.25) is 5.13 Å². The molecule has 11 heteroatoms. The summed E-state index contributed by atoms with van der Waals surface area (Å²) >= 11 is 2.41. The number of aliphatic hydroxyl groups excluding tert-OH is 1. The molecule has 1 N–H and O–H groups in total. The fraction of sp³-hybridized carbons (Fsp3) is 0.167. The van der Waals surface area contributed by atoms with Gasteiger partial charge < -0.3 is 14.7 Å². The van der Waals surface area contributed by atoms with E-state index >= 15 is 0 Å². The van der Waals surface area contributed by atoms with Gasteiger partial charge in [0.1, 0.15) is 23.9 Å². The number of ketones is 1. The normalized spacial score (nSPS) is 15.7. The zero-order valence-corrected chi connectivity index (χ0v) is 27.5. The van der Waals surface area contributed by atoms with Crippen LogP contribution in [-0.4, -0.2) is 41.1 Å². The highest BCUT2D eigenvalue weighted by atomic mass is 32.2. The van der Waals surface area contributed by atoms with Crippen molar-refractivity contribution in [1.82, 2.24) is 10.2 Å². The summed E-state index contributed by atoms with van der Waals surface area (Å²) in [7, 11) is 3.83. The molecule has 5 aromatic rings. The minimum absolute atomic E-state index is 0.0584. The summed E-state index contributed by atoms with van der Waals surface area (Å²) in [6.45, 7) is 2.40. The molecule has 1 aromatic heterocycles. The van der Waals surface area contributed by atoms with E-state index in [1.807, 2.05) is 74.4 Å². The number of carbonyl (C=O) groups excluding carboxylic acids is 2. The molecule has 2 heterocycles. The zero-order valence-electron chi connectivity index (χ0n) is 25.9. The maximum Gasteiger partial charge on any atom is 0.301 e. The van der Waals surface area contributed by atoms with Crippen molar-refractivity contribution in [2.75, 3.05) is 23.9 Å². The SMILES string of the molecule is Cc1ccccc1COc1ccc(/C(O)=C2\C(=O)C(=O)N(c3nnc(SCc4ccccc4F)s3)C2c2ccc(N(C)C)cc2)cc1. The number of thioether (sulfide) groups is 1. The third-order valence-corrected chi connectivity index (χ3v) is 9.97. The number of aryl methyl sites for hydroxylation is 1. The van der Waals surface area contributed by atoms with E-state index in [0.29, 0.717) is 39.1 Å². The van der Waals surface area contributed by atoms with Gasteiger partial charge in [-0.3, -0.25) is 14.5 Å². The Morgan fingerprint density at radius 3 is 2.30 bits per heavy atom. The van der Waals surface area contributed by atoms with Crippen LogP contribution in [0, 0.1) is 12.7 Å². The molecule has 1 unspecified atom stereocenters. The lowest BCUT2D eigenvalue weighted by atomic mass is 9.95. The molecule has 1 fully saturated rings. The number of carbonyl (C=O) groups is 2. The predicted molar refractivity (Wildman–Crippen MR) is 183 cm³/mol. The topological polar surface area (TPSA) is 95.9 Å². The molecule has 238 valence electrons. The van der Waals surface area contributed by atoms with Crippen LogP contribution >= 0.6 is 23.1 Å². The number of nitrogens with zero attached hydrogens (tertiary/aromatic N) is 4. The van der Waals surface area contributed by atoms with Crippen LogP contribution in [-0.2, 0) is 21.9 Å². The first-order valence-electron chi connectivity index (χ1n) is 14.8. The number of aliphatic hydroxyl groups is 1. The quantitative estimate of drug-likeness (QED) is 0.0537. The number of Topliss-reactive ketones (excluding diaryl/α,β-unsaturated/α-hetero) is 1. The monoisotopic (exact) mass is 666 g/mol. The summed E-state index contributed by atoms with van der Waals surface area (Å²) < 4.78 is 20.6. The van der Waals surface area contributed by atoms with Crippen LogP contribution < -0.4 is 14.5 Å². The molecule has 1 aliphatic heterocycles. The average molecular weight is 667 g/mol. The van der Waals surface area contributed by atoms with E-state index in [1.54, 1.807) is 42.5 Å². The number of hydrogen-bond acceptors (Lipinski definition) is 9. The summed E-state index contributed by atoms with van der Waals surface area (Å²) in [5.74, 6) is -1.37. The molecule has 0 bridgehead atoms. The largest absolute Gasteiger partial charge is 0.507 e. The highest BCUT2D eigenvalue weighted by Gasteiger charge is 2.48. The Balaban J connectivity index is 1.32. The predicted octanol–water partition coefficient (Wildman–Crippen LogP) is 7.55. The highest BCUT2D eigenvalue weighted by Crippen LogP contribution is 2.44. The fourth-order valence-electron chi connectivity index (χ4n) is 5.21. The van der Waals surface area contributed by atoms with Gasteiger partial charge >= 0.3 is 5.91 Å². The van der Waals surface area contributed by atoms with Crippen molar-refractivity contribution in [3.8, 4) is 5.75 Å². The Kier molecular flexibility index (Phi) is 9.37. The summed E-state index contributed by atoms with van der Waals surface area (Å²) in [5, 5.41) is 20.2. The van der Waals surface area contributed by atoms with Crippen LogP contribution in [0.2, 0.25) is 0 Å². The second-order valence-electron chi connectivity index (χ2n) is 11.1. The Morgan fingerprint density at radius 1 is 0.936 bits per heavy atom. The summed E-state index contributed by atoms with van der Waals surface area (Å²) in [4.78, 5) is 30.5. The molecule has 0 radical (unpaired) electrons. The van der Waals surface area contributed by atoms with Crippen LogP contribution in [0.3, 0.4) is 0 Å². The number of benzene rings is 4. The van der Waals surface area contributed by atoms with Gasteiger partial charge in [0, 0.05) is 31.1 Å². The first-order chi connectivity index (χ1) is 22.7. The molecular formula is C36H31FN4O4S2. The van der Waals surface area contributed by atoms with Gasteiger partial charge in [0.05, 0.1) is 11.6 Å². The lowest BCUT2D eigenvalue weighted by molar-refractivity contribution is -0.132. The van der Waals surface area contributed by atoms with Crippen LogP contribution in [0.15, 0.2) is 107 Å². The molecule has 1 amide bonds. The van der Waals surface area contributed by atoms with Gasteiger partial charge in [-0.15, -0.1) is 10.2 Å². The molecule has 1 atom stereocenters. The van der Waals surface area contributed by atoms with Crippen molar-refractivity contribution in [2.45, 2.75) is 29.7 Å². The van der Waals surface area contributed by atoms with Crippen LogP contribution in [0.1, 0.15) is 33.9 Å². The lowest BCUT2D eigenvalue weighted by Gasteiger charge is -2.23. The van der Waals surface area contributed by atoms with Gasteiger partial charge in [0.15, 0.2) is 4.34 Å². The van der Waals surface area contributed by atoms with Crippen LogP contribution in [0.4, 0.5) is 15.2 Å². The van der Waals surface area contributed by atoms with Gasteiger partial charge in [-0.05, 0) is 71.6 Å². The molecule has 0 saturated carbocycles. The second kappa shape index (κ2) is 13.8. The molecule has 47 heavy (non-hydrogen) atoms. The Bertz CT molecular complexity index is 1960. The van der Waals surface area contributed by atoms with E-state index < -0.39 is 17.7 Å². The van der Waals surface area contributed by atoms with Crippen molar-refractivity contribution < 1.29 is 23.8 Å². The molecular weight excluding hydrogens is 636 g/mol. The number of rotatable bonds is 10. The average Bonchev–Trinajstić information content (AvgIpc) is 3.65. The van der Waals surface area contributed by atoms with E-state index in [-0.39, 0.29) is 22.3 Å². The van der Waals surface area contributed by atoms with Gasteiger partial charge in [-0.25, -0.2) is 4.39 Å². The lowest BCUT2D eigenvalue weighted by Crippen LogP contribution is -2.29. The summed E-state index contributed by atoms with van der Waals surface area (Å²) in [6, 6.07) is 27.6.